The number of nitrogens with zero attached hydrogens (tertiary/aromatic N) is 5. The van der Waals surface area contributed by atoms with E-state index in [1.807, 2.05) is 62.4 Å². The van der Waals surface area contributed by atoms with Crippen LogP contribution in [0.1, 0.15) is 19.4 Å². The zero-order valence-corrected chi connectivity index (χ0v) is 23.5. The lowest BCUT2D eigenvalue weighted by Crippen LogP contribution is -2.35. The molecule has 2 aliphatic heterocycles. The first-order valence-corrected chi connectivity index (χ1v) is 14.2. The summed E-state index contributed by atoms with van der Waals surface area (Å²) >= 11 is 2.83. The zero-order chi connectivity index (χ0) is 28.1. The van der Waals surface area contributed by atoms with Crippen molar-refractivity contribution in [1.29, 1.82) is 0 Å². The first kappa shape index (κ1) is 25.8. The van der Waals surface area contributed by atoms with E-state index in [0.717, 1.165) is 21.2 Å². The number of non-ortho nitro benzene ring substituents is 1. The van der Waals surface area contributed by atoms with Crippen molar-refractivity contribution in [3.05, 3.63) is 108 Å². The van der Waals surface area contributed by atoms with Gasteiger partial charge in [0.05, 0.1) is 33.3 Å². The lowest BCUT2D eigenvalue weighted by molar-refractivity contribution is -0.384. The van der Waals surface area contributed by atoms with E-state index in [-0.39, 0.29) is 11.2 Å². The average Bonchev–Trinajstić information content (AvgIpc) is 3.58. The van der Waals surface area contributed by atoms with E-state index < -0.39 is 10.8 Å². The molecule has 3 aromatic carbocycles. The summed E-state index contributed by atoms with van der Waals surface area (Å²) in [6, 6.07) is 21.3. The largest absolute Gasteiger partial charge is 0.334 e. The summed E-state index contributed by atoms with van der Waals surface area (Å²) < 4.78 is 2.63. The van der Waals surface area contributed by atoms with Gasteiger partial charge >= 0.3 is 0 Å². The smallest absolute Gasteiger partial charge is 0.283 e. The number of nitro groups is 1. The van der Waals surface area contributed by atoms with E-state index in [1.54, 1.807) is 23.3 Å². The van der Waals surface area contributed by atoms with Crippen LogP contribution in [-0.2, 0) is 4.79 Å². The topological polar surface area (TPSA) is 101 Å². The van der Waals surface area contributed by atoms with Crippen LogP contribution in [-0.4, -0.2) is 27.7 Å². The molecule has 1 amide bonds. The molecule has 4 aromatic rings. The van der Waals surface area contributed by atoms with Gasteiger partial charge in [0, 0.05) is 23.6 Å². The Hall–Kier alpha value is -4.48. The van der Waals surface area contributed by atoms with Crippen molar-refractivity contribution in [1.82, 2.24) is 4.57 Å². The van der Waals surface area contributed by atoms with Gasteiger partial charge in [0.25, 0.3) is 17.2 Å². The molecule has 1 aromatic heterocycles. The van der Waals surface area contributed by atoms with E-state index >= 15 is 0 Å². The van der Waals surface area contributed by atoms with Crippen LogP contribution in [0.5, 0.6) is 0 Å². The molecule has 0 atom stereocenters. The minimum absolute atomic E-state index is 0.0796. The minimum atomic E-state index is -0.494. The molecule has 200 valence electrons. The Bertz CT molecular complexity index is 1920. The highest BCUT2D eigenvalue weighted by molar-refractivity contribution is 8.08. The van der Waals surface area contributed by atoms with Gasteiger partial charge in [-0.25, -0.2) is 0 Å². The molecule has 6 rings (SSSR count). The Morgan fingerprint density at radius 2 is 1.70 bits per heavy atom. The minimum Gasteiger partial charge on any atom is -0.334 e. The number of carbonyl (C=O) groups is 1. The Balaban J connectivity index is 1.61. The number of aryl methyl sites for hydroxylation is 1. The molecule has 0 bridgehead atoms. The molecule has 3 heterocycles. The van der Waals surface area contributed by atoms with Gasteiger partial charge in [-0.1, -0.05) is 36.0 Å². The molecule has 0 radical (unpaired) electrons. The number of hydrogen-bond acceptors (Lipinski definition) is 8. The number of rotatable bonds is 4. The number of benzene rings is 3. The molecule has 0 N–H and O–H groups in total. The molecule has 0 saturated heterocycles. The molecular formula is C29H23N5O4S2. The summed E-state index contributed by atoms with van der Waals surface area (Å²) in [4.78, 5) is 41.8. The maximum absolute atomic E-state index is 14.2. The number of anilines is 2. The summed E-state index contributed by atoms with van der Waals surface area (Å²) in [6.45, 7) is 6.41. The third kappa shape index (κ3) is 4.14. The Kier molecular flexibility index (Phi) is 6.40. The van der Waals surface area contributed by atoms with E-state index in [2.05, 4.69) is 10.0 Å². The first-order valence-electron chi connectivity index (χ1n) is 12.5. The first-order chi connectivity index (χ1) is 19.3. The predicted octanol–water partition coefficient (Wildman–Crippen LogP) is 4.39. The van der Waals surface area contributed by atoms with E-state index in [0.29, 0.717) is 38.4 Å². The lowest BCUT2D eigenvalue weighted by Gasteiger charge is -2.16. The highest BCUT2D eigenvalue weighted by atomic mass is 32.2. The maximum atomic E-state index is 14.2. The van der Waals surface area contributed by atoms with Crippen LogP contribution < -0.4 is 24.7 Å². The molecule has 0 unspecified atom stereocenters. The van der Waals surface area contributed by atoms with Gasteiger partial charge in [0.2, 0.25) is 0 Å². The fourth-order valence-corrected chi connectivity index (χ4v) is 7.43. The van der Waals surface area contributed by atoms with E-state index in [9.17, 15) is 19.7 Å². The number of fused-ring (bicyclic) bond motifs is 1. The number of hydrogen-bond donors (Lipinski definition) is 0. The van der Waals surface area contributed by atoms with Crippen molar-refractivity contribution in [2.75, 3.05) is 16.5 Å². The summed E-state index contributed by atoms with van der Waals surface area (Å²) in [5, 5.41) is 17.6. The second-order valence-electron chi connectivity index (χ2n) is 9.29. The van der Waals surface area contributed by atoms with Gasteiger partial charge in [0.15, 0.2) is 0 Å². The van der Waals surface area contributed by atoms with Crippen LogP contribution in [0.15, 0.2) is 87.6 Å². The maximum Gasteiger partial charge on any atom is 0.283 e. The summed E-state index contributed by atoms with van der Waals surface area (Å²) in [5.74, 6) is -0.403. The number of amides is 1. The second-order valence-corrected chi connectivity index (χ2v) is 11.3. The molecule has 11 heteroatoms. The van der Waals surface area contributed by atoms with Crippen LogP contribution >= 0.6 is 23.1 Å². The van der Waals surface area contributed by atoms with Gasteiger partial charge in [-0.3, -0.25) is 24.3 Å². The molecular weight excluding hydrogens is 546 g/mol. The van der Waals surface area contributed by atoms with E-state index in [4.69, 9.17) is 0 Å². The third-order valence-corrected chi connectivity index (χ3v) is 9.18. The monoisotopic (exact) mass is 569 g/mol. The number of aromatic nitrogens is 1. The van der Waals surface area contributed by atoms with Crippen molar-refractivity contribution >= 4 is 62.4 Å². The lowest BCUT2D eigenvalue weighted by atomic mass is 10.2. The van der Waals surface area contributed by atoms with Crippen molar-refractivity contribution < 1.29 is 9.72 Å². The molecule has 0 saturated carbocycles. The Labute approximate surface area is 237 Å². The molecule has 0 spiro atoms. The normalized spacial score (nSPS) is 17.4. The number of hydrazone groups is 1. The Morgan fingerprint density at radius 3 is 2.40 bits per heavy atom. The molecule has 0 fully saturated rings. The van der Waals surface area contributed by atoms with Gasteiger partial charge in [-0.15, -0.1) is 11.3 Å². The van der Waals surface area contributed by atoms with Crippen LogP contribution in [0.4, 0.5) is 17.1 Å². The number of thiazole rings is 1. The number of para-hydroxylation sites is 1. The van der Waals surface area contributed by atoms with E-state index in [1.165, 1.54) is 40.6 Å². The Morgan fingerprint density at radius 1 is 0.950 bits per heavy atom. The standard InChI is InChI=1S/C29H23N5O4S2/c1-4-31-22-10-5-6-11-23(22)39-29(31)25-27(36)32(21-9-7-8-17(2)16-21)28(40-25)24-18(3)30-33(26(24)35)19-12-14-20(15-13-19)34(37)38/h5-16H,4H2,1-3H3/b28-24-,29-25-. The van der Waals surface area contributed by atoms with Gasteiger partial charge < -0.3 is 4.90 Å². The molecule has 2 aliphatic rings. The van der Waals surface area contributed by atoms with Crippen molar-refractivity contribution in [3.63, 3.8) is 0 Å². The zero-order valence-electron chi connectivity index (χ0n) is 21.8. The van der Waals surface area contributed by atoms with Crippen LogP contribution in [0, 0.1) is 17.0 Å². The van der Waals surface area contributed by atoms with Crippen molar-refractivity contribution in [2.24, 2.45) is 5.10 Å². The number of carbonyl (C=O) groups excluding carboxylic acids is 1. The summed E-state index contributed by atoms with van der Waals surface area (Å²) in [6.07, 6.45) is 0. The second kappa shape index (κ2) is 9.92. The quantitative estimate of drug-likeness (QED) is 0.267. The van der Waals surface area contributed by atoms with Crippen LogP contribution in [0.25, 0.3) is 16.3 Å². The van der Waals surface area contributed by atoms with Gasteiger partial charge in [-0.05, 0) is 62.7 Å². The highest BCUT2D eigenvalue weighted by Gasteiger charge is 2.33. The summed E-state index contributed by atoms with van der Waals surface area (Å²) in [5.41, 5.74) is 3.58. The molecule has 0 aliphatic carbocycles. The number of thioether (sulfide) groups is 1. The van der Waals surface area contributed by atoms with Gasteiger partial charge in [0.1, 0.15) is 14.2 Å². The number of nitro benzene ring substituents is 1. The molecule has 9 nitrogen and oxygen atoms in total. The van der Waals surface area contributed by atoms with Crippen LogP contribution in [0.3, 0.4) is 0 Å². The molecule has 40 heavy (non-hydrogen) atoms. The average molecular weight is 570 g/mol. The highest BCUT2D eigenvalue weighted by Crippen LogP contribution is 2.45. The SMILES string of the molecule is CCN1/C(=c2/s/c(=C3\C(=O)N(c4ccc([N+](=O)[O-])cc4)N=C3C)n(-c3cccc(C)c3)c2=O)Sc2ccccc21. The fraction of sp³-hybridized carbons (Fsp3) is 0.138. The van der Waals surface area contributed by atoms with Crippen molar-refractivity contribution in [3.8, 4) is 5.69 Å². The van der Waals surface area contributed by atoms with Crippen molar-refractivity contribution in [2.45, 2.75) is 25.7 Å². The summed E-state index contributed by atoms with van der Waals surface area (Å²) in [7, 11) is 0. The third-order valence-electron chi connectivity index (χ3n) is 6.71. The predicted molar refractivity (Wildman–Crippen MR) is 160 cm³/mol. The fourth-order valence-electron chi connectivity index (χ4n) is 4.84. The van der Waals surface area contributed by atoms with Crippen LogP contribution in [0.2, 0.25) is 0 Å². The van der Waals surface area contributed by atoms with Gasteiger partial charge in [-0.2, -0.15) is 10.1 Å².